The van der Waals surface area contributed by atoms with Crippen molar-refractivity contribution >= 4 is 35.1 Å². The highest BCUT2D eigenvalue weighted by atomic mass is 35.5. The molecule has 4 amide bonds. The summed E-state index contributed by atoms with van der Waals surface area (Å²) >= 11 is 6.33. The topological polar surface area (TPSA) is 76.2 Å². The van der Waals surface area contributed by atoms with Gasteiger partial charge in [-0.15, -0.1) is 0 Å². The van der Waals surface area contributed by atoms with Crippen LogP contribution in [0.5, 0.6) is 0 Å². The standard InChI is InChI=1S/C26H28ClN5O3/c1-17-7-9-18(10-8-17)24-23-21(29(2)26(35)28-24)15-32(25(23)34)16-22(33)31-13-11-30(12-14-31)20-6-4-3-5-19(20)27/h3-10,24H,11-16H2,1-2H3,(H,28,35). The lowest BCUT2D eigenvalue weighted by Gasteiger charge is -2.37. The van der Waals surface area contributed by atoms with Gasteiger partial charge in [-0.3, -0.25) is 14.5 Å². The molecule has 5 rings (SSSR count). The van der Waals surface area contributed by atoms with E-state index in [4.69, 9.17) is 11.6 Å². The maximum atomic E-state index is 13.4. The first-order valence-electron chi connectivity index (χ1n) is 11.7. The van der Waals surface area contributed by atoms with Crippen molar-refractivity contribution in [3.8, 4) is 0 Å². The number of halogens is 1. The Labute approximate surface area is 209 Å². The highest BCUT2D eigenvalue weighted by molar-refractivity contribution is 6.33. The Morgan fingerprint density at radius 3 is 2.40 bits per heavy atom. The summed E-state index contributed by atoms with van der Waals surface area (Å²) in [7, 11) is 1.66. The summed E-state index contributed by atoms with van der Waals surface area (Å²) in [6, 6.07) is 14.7. The Kier molecular flexibility index (Phi) is 6.15. The highest BCUT2D eigenvalue weighted by Gasteiger charge is 2.43. The van der Waals surface area contributed by atoms with E-state index in [2.05, 4.69) is 10.2 Å². The van der Waals surface area contributed by atoms with Crippen LogP contribution in [0.15, 0.2) is 59.8 Å². The summed E-state index contributed by atoms with van der Waals surface area (Å²) in [6.45, 7) is 4.69. The van der Waals surface area contributed by atoms with Gasteiger partial charge in [0.2, 0.25) is 5.91 Å². The minimum atomic E-state index is -0.527. The monoisotopic (exact) mass is 493 g/mol. The maximum Gasteiger partial charge on any atom is 0.322 e. The second kappa shape index (κ2) is 9.26. The van der Waals surface area contributed by atoms with Crippen LogP contribution in [0.2, 0.25) is 5.02 Å². The Hall–Kier alpha value is -3.52. The molecule has 3 aliphatic rings. The van der Waals surface area contributed by atoms with Crippen molar-refractivity contribution in [3.05, 3.63) is 76.0 Å². The zero-order valence-corrected chi connectivity index (χ0v) is 20.6. The molecule has 0 aromatic heterocycles. The highest BCUT2D eigenvalue weighted by Crippen LogP contribution is 2.35. The van der Waals surface area contributed by atoms with Gasteiger partial charge in [-0.1, -0.05) is 53.6 Å². The molecule has 182 valence electrons. The fourth-order valence-electron chi connectivity index (χ4n) is 4.93. The molecule has 0 saturated carbocycles. The van der Waals surface area contributed by atoms with Gasteiger partial charge in [0.05, 0.1) is 34.6 Å². The number of nitrogens with zero attached hydrogens (tertiary/aromatic N) is 4. The quantitative estimate of drug-likeness (QED) is 0.710. The van der Waals surface area contributed by atoms with Crippen LogP contribution in [0, 0.1) is 6.92 Å². The third-order valence-electron chi connectivity index (χ3n) is 7.00. The summed E-state index contributed by atoms with van der Waals surface area (Å²) < 4.78 is 0. The summed E-state index contributed by atoms with van der Waals surface area (Å²) in [6.07, 6.45) is 0. The van der Waals surface area contributed by atoms with E-state index in [0.29, 0.717) is 42.5 Å². The number of carbonyl (C=O) groups excluding carboxylic acids is 3. The van der Waals surface area contributed by atoms with Gasteiger partial charge in [0.25, 0.3) is 5.91 Å². The average Bonchev–Trinajstić information content (AvgIpc) is 3.18. The molecule has 3 aliphatic heterocycles. The van der Waals surface area contributed by atoms with Crippen molar-refractivity contribution in [3.63, 3.8) is 0 Å². The summed E-state index contributed by atoms with van der Waals surface area (Å²) in [5, 5.41) is 3.63. The number of likely N-dealkylation sites (N-methyl/N-ethyl adjacent to an activating group) is 1. The van der Waals surface area contributed by atoms with Gasteiger partial charge in [-0.25, -0.2) is 4.79 Å². The minimum Gasteiger partial charge on any atom is -0.367 e. The number of para-hydroxylation sites is 1. The lowest BCUT2D eigenvalue weighted by atomic mass is 9.95. The number of benzene rings is 2. The number of piperazine rings is 1. The van der Waals surface area contributed by atoms with Crippen molar-refractivity contribution in [1.29, 1.82) is 0 Å². The summed E-state index contributed by atoms with van der Waals surface area (Å²) in [5.74, 6) is -0.300. The molecule has 0 radical (unpaired) electrons. The third kappa shape index (κ3) is 4.34. The number of aryl methyl sites for hydroxylation is 1. The molecule has 1 N–H and O–H groups in total. The van der Waals surface area contributed by atoms with Crippen LogP contribution in [-0.2, 0) is 9.59 Å². The van der Waals surface area contributed by atoms with Crippen LogP contribution in [0.4, 0.5) is 10.5 Å². The Morgan fingerprint density at radius 2 is 1.71 bits per heavy atom. The fourth-order valence-corrected chi connectivity index (χ4v) is 5.18. The summed E-state index contributed by atoms with van der Waals surface area (Å²) in [4.78, 5) is 46.1. The van der Waals surface area contributed by atoms with Crippen LogP contribution in [0.3, 0.4) is 0 Å². The van der Waals surface area contributed by atoms with E-state index in [-0.39, 0.29) is 30.9 Å². The molecular formula is C26H28ClN5O3. The van der Waals surface area contributed by atoms with E-state index in [0.717, 1.165) is 16.8 Å². The average molecular weight is 494 g/mol. The molecule has 1 atom stereocenters. The van der Waals surface area contributed by atoms with Gasteiger partial charge in [-0.2, -0.15) is 0 Å². The molecular weight excluding hydrogens is 466 g/mol. The van der Waals surface area contributed by atoms with E-state index >= 15 is 0 Å². The van der Waals surface area contributed by atoms with Crippen LogP contribution in [0.1, 0.15) is 17.2 Å². The van der Waals surface area contributed by atoms with Gasteiger partial charge in [-0.05, 0) is 24.6 Å². The smallest absolute Gasteiger partial charge is 0.322 e. The Morgan fingerprint density at radius 1 is 1.03 bits per heavy atom. The maximum absolute atomic E-state index is 13.4. The van der Waals surface area contributed by atoms with Crippen molar-refractivity contribution in [1.82, 2.24) is 20.0 Å². The van der Waals surface area contributed by atoms with E-state index in [1.54, 1.807) is 16.8 Å². The normalized spacial score (nSPS) is 20.4. The number of carbonyl (C=O) groups is 3. The molecule has 1 saturated heterocycles. The van der Waals surface area contributed by atoms with E-state index in [9.17, 15) is 14.4 Å². The third-order valence-corrected chi connectivity index (χ3v) is 7.32. The van der Waals surface area contributed by atoms with Crippen LogP contribution in [-0.4, -0.2) is 78.9 Å². The molecule has 2 aromatic rings. The van der Waals surface area contributed by atoms with Crippen molar-refractivity contribution in [2.24, 2.45) is 0 Å². The second-order valence-corrected chi connectivity index (χ2v) is 9.60. The fraction of sp³-hybridized carbons (Fsp3) is 0.346. The molecule has 0 bridgehead atoms. The minimum absolute atomic E-state index is 0.0133. The molecule has 8 nitrogen and oxygen atoms in total. The first-order valence-corrected chi connectivity index (χ1v) is 12.1. The van der Waals surface area contributed by atoms with Gasteiger partial charge in [0, 0.05) is 33.2 Å². The predicted molar refractivity (Wildman–Crippen MR) is 134 cm³/mol. The summed E-state index contributed by atoms with van der Waals surface area (Å²) in [5.41, 5.74) is 4.10. The predicted octanol–water partition coefficient (Wildman–Crippen LogP) is 2.79. The van der Waals surface area contributed by atoms with Crippen molar-refractivity contribution < 1.29 is 14.4 Å². The van der Waals surface area contributed by atoms with Gasteiger partial charge in [0.15, 0.2) is 0 Å². The van der Waals surface area contributed by atoms with Crippen molar-refractivity contribution in [2.75, 3.05) is 51.2 Å². The number of anilines is 1. The van der Waals surface area contributed by atoms with Crippen LogP contribution in [0.25, 0.3) is 0 Å². The SMILES string of the molecule is Cc1ccc(C2NC(=O)N(C)C3=C2C(=O)N(CC(=O)N2CCN(c4ccccc4Cl)CC2)C3)cc1. The van der Waals surface area contributed by atoms with Crippen LogP contribution >= 0.6 is 11.6 Å². The number of amides is 4. The molecule has 0 spiro atoms. The largest absolute Gasteiger partial charge is 0.367 e. The number of hydrogen-bond donors (Lipinski definition) is 1. The first-order chi connectivity index (χ1) is 16.8. The van der Waals surface area contributed by atoms with E-state index in [1.807, 2.05) is 55.5 Å². The zero-order valence-electron chi connectivity index (χ0n) is 19.8. The van der Waals surface area contributed by atoms with E-state index in [1.165, 1.54) is 4.90 Å². The number of rotatable bonds is 4. The lowest BCUT2D eigenvalue weighted by molar-refractivity contribution is -0.137. The Bertz CT molecular complexity index is 1200. The Balaban J connectivity index is 1.26. The molecule has 2 aromatic carbocycles. The molecule has 35 heavy (non-hydrogen) atoms. The van der Waals surface area contributed by atoms with Gasteiger partial charge < -0.3 is 20.0 Å². The zero-order chi connectivity index (χ0) is 24.7. The first kappa shape index (κ1) is 23.2. The van der Waals surface area contributed by atoms with E-state index < -0.39 is 6.04 Å². The van der Waals surface area contributed by atoms with Crippen molar-refractivity contribution in [2.45, 2.75) is 13.0 Å². The molecule has 9 heteroatoms. The van der Waals surface area contributed by atoms with Crippen LogP contribution < -0.4 is 10.2 Å². The lowest BCUT2D eigenvalue weighted by Crippen LogP contribution is -2.51. The second-order valence-electron chi connectivity index (χ2n) is 9.19. The molecule has 0 aliphatic carbocycles. The number of nitrogens with one attached hydrogen (secondary N) is 1. The molecule has 1 fully saturated rings. The number of hydrogen-bond acceptors (Lipinski definition) is 4. The molecule has 1 unspecified atom stereocenters. The van der Waals surface area contributed by atoms with Gasteiger partial charge >= 0.3 is 6.03 Å². The van der Waals surface area contributed by atoms with Gasteiger partial charge in [0.1, 0.15) is 6.54 Å². The molecule has 3 heterocycles. The number of urea groups is 1.